The number of para-hydroxylation sites is 2. The highest BCUT2D eigenvalue weighted by Gasteiger charge is 2.27. The maximum Gasteiger partial charge on any atom is 0.138 e. The molecule has 0 aliphatic carbocycles. The molecule has 0 spiro atoms. The Balaban J connectivity index is 0.000000193. The lowest BCUT2D eigenvalue weighted by Crippen LogP contribution is -2.37. The summed E-state index contributed by atoms with van der Waals surface area (Å²) in [6.45, 7) is 11.5. The summed E-state index contributed by atoms with van der Waals surface area (Å²) >= 11 is 6.22. The Morgan fingerprint density at radius 1 is 0.366 bits per heavy atom. The van der Waals surface area contributed by atoms with Crippen LogP contribution in [0.4, 0.5) is 34.1 Å². The van der Waals surface area contributed by atoms with Crippen molar-refractivity contribution in [2.75, 3.05) is 9.80 Å². The molecule has 12 aromatic carbocycles. The number of ether oxygens (including phenoxy) is 2. The average molecular weight is 954 g/mol. The fraction of sp³-hybridized carbons (Fsp3) is 0.0769. The lowest BCUT2D eigenvalue weighted by atomic mass is 9.91. The third-order valence-electron chi connectivity index (χ3n) is 14.3. The molecule has 0 saturated carbocycles. The zero-order valence-corrected chi connectivity index (χ0v) is 42.0. The highest BCUT2D eigenvalue weighted by Crippen LogP contribution is 2.53. The molecule has 6 heteroatoms. The standard InChI is InChI=1S/C46H38N2OSi.C19H11ClO/c1-31-18-22-37(23-19-31)48(35-14-9-6-10-15-35)41-29-33-21-20-32-28-38(30-43-44(32)45(33)46-40(41)16-11-17-42(46)49-43)47(34-12-7-5-8-13-34)36-24-26-39(27-25-36)50(2,3)4;1-10-7-11-5-6-12-8-13(20)9-16-17(12)18(11)19-14(10)3-2-4-15(19)21-16/h5-30H,1-4H3;2-9H,1H3. The molecule has 4 nitrogen and oxygen atoms in total. The molecule has 0 atom stereocenters. The fourth-order valence-corrected chi connectivity index (χ4v) is 12.4. The molecule has 0 unspecified atom stereocenters. The van der Waals surface area contributed by atoms with Crippen LogP contribution in [-0.4, -0.2) is 8.07 Å². The summed E-state index contributed by atoms with van der Waals surface area (Å²) in [5.74, 6) is 3.54. The Morgan fingerprint density at radius 3 is 1.48 bits per heavy atom. The number of anilines is 6. The fourth-order valence-electron chi connectivity index (χ4n) is 11.0. The van der Waals surface area contributed by atoms with Crippen molar-refractivity contribution in [3.8, 4) is 23.0 Å². The molecule has 0 bridgehead atoms. The monoisotopic (exact) mass is 952 g/mol. The van der Waals surface area contributed by atoms with Gasteiger partial charge in [0.15, 0.2) is 0 Å². The van der Waals surface area contributed by atoms with Crippen molar-refractivity contribution in [1.29, 1.82) is 0 Å². The van der Waals surface area contributed by atoms with Gasteiger partial charge in [-0.1, -0.05) is 157 Å². The van der Waals surface area contributed by atoms with Gasteiger partial charge in [0.2, 0.25) is 0 Å². The Morgan fingerprint density at radius 2 is 0.859 bits per heavy atom. The van der Waals surface area contributed by atoms with E-state index in [0.717, 1.165) is 84.1 Å². The van der Waals surface area contributed by atoms with E-state index in [1.807, 2.05) is 24.3 Å². The predicted octanol–water partition coefficient (Wildman–Crippen LogP) is 19.3. The molecule has 0 saturated heterocycles. The van der Waals surface area contributed by atoms with Crippen molar-refractivity contribution in [2.24, 2.45) is 0 Å². The van der Waals surface area contributed by atoms with Crippen molar-refractivity contribution >= 4 is 124 Å². The summed E-state index contributed by atoms with van der Waals surface area (Å²) in [5, 5.41) is 16.5. The van der Waals surface area contributed by atoms with Crippen LogP contribution >= 0.6 is 11.6 Å². The van der Waals surface area contributed by atoms with Crippen LogP contribution in [0.3, 0.4) is 0 Å². The molecule has 2 aliphatic heterocycles. The van der Waals surface area contributed by atoms with Gasteiger partial charge >= 0.3 is 0 Å². The quantitative estimate of drug-likeness (QED) is 0.117. The first kappa shape index (κ1) is 43.0. The number of benzene rings is 12. The maximum absolute atomic E-state index is 6.93. The van der Waals surface area contributed by atoms with Crippen molar-refractivity contribution in [1.82, 2.24) is 0 Å². The number of hydrogen-bond donors (Lipinski definition) is 0. The minimum absolute atomic E-state index is 0.708. The van der Waals surface area contributed by atoms with Gasteiger partial charge in [-0.25, -0.2) is 0 Å². The smallest absolute Gasteiger partial charge is 0.138 e. The number of hydrogen-bond acceptors (Lipinski definition) is 4. The van der Waals surface area contributed by atoms with Gasteiger partial charge in [-0.3, -0.25) is 0 Å². The molecular weight excluding hydrogens is 904 g/mol. The normalized spacial score (nSPS) is 12.3. The number of aryl methyl sites for hydroxylation is 2. The van der Waals surface area contributed by atoms with Gasteiger partial charge in [-0.15, -0.1) is 0 Å². The van der Waals surface area contributed by atoms with Gasteiger partial charge < -0.3 is 19.3 Å². The van der Waals surface area contributed by atoms with E-state index in [4.69, 9.17) is 21.1 Å². The van der Waals surface area contributed by atoms with Crippen molar-refractivity contribution in [3.63, 3.8) is 0 Å². The molecule has 0 aromatic heterocycles. The second-order valence-electron chi connectivity index (χ2n) is 20.0. The van der Waals surface area contributed by atoms with Crippen molar-refractivity contribution in [3.05, 3.63) is 222 Å². The van der Waals surface area contributed by atoms with Crippen LogP contribution in [0.1, 0.15) is 11.1 Å². The van der Waals surface area contributed by atoms with Gasteiger partial charge in [0.05, 0.1) is 19.4 Å². The van der Waals surface area contributed by atoms with Crippen LogP contribution in [0.2, 0.25) is 24.7 Å². The summed E-state index contributed by atoms with van der Waals surface area (Å²) < 4.78 is 13.1. The lowest BCUT2D eigenvalue weighted by Gasteiger charge is -2.30. The first-order valence-corrected chi connectivity index (χ1v) is 28.2. The highest BCUT2D eigenvalue weighted by atomic mass is 35.5. The van der Waals surface area contributed by atoms with Crippen LogP contribution in [-0.2, 0) is 0 Å². The third kappa shape index (κ3) is 7.18. The number of rotatable bonds is 7. The van der Waals surface area contributed by atoms with E-state index in [1.165, 1.54) is 54.0 Å². The number of nitrogens with zero attached hydrogens (tertiary/aromatic N) is 2. The Bertz CT molecular complexity index is 4110. The second-order valence-corrected chi connectivity index (χ2v) is 25.5. The van der Waals surface area contributed by atoms with Crippen LogP contribution in [0.25, 0.3) is 64.6 Å². The van der Waals surface area contributed by atoms with Gasteiger partial charge in [0.1, 0.15) is 23.0 Å². The lowest BCUT2D eigenvalue weighted by molar-refractivity contribution is 0.492. The Labute approximate surface area is 419 Å². The SMILES string of the molecule is Cc1cc2ccc3cc(Cl)cc4c3c2c2c(cccc12)O4.Cc1ccc(N(c2ccccc2)c2cc3ccc4cc(N(c5ccccc5)c5ccc([Si](C)(C)C)cc5)cc5c4c3c3c(cccc23)O5)cc1. The molecule has 12 aromatic rings. The molecule has 0 N–H and O–H groups in total. The first-order valence-electron chi connectivity index (χ1n) is 24.3. The van der Waals surface area contributed by atoms with Crippen molar-refractivity contribution < 1.29 is 9.47 Å². The van der Waals surface area contributed by atoms with Gasteiger partial charge in [-0.2, -0.15) is 0 Å². The van der Waals surface area contributed by atoms with E-state index in [9.17, 15) is 0 Å². The van der Waals surface area contributed by atoms with Gasteiger partial charge in [-0.05, 0) is 125 Å². The van der Waals surface area contributed by atoms with E-state index in [-0.39, 0.29) is 0 Å². The van der Waals surface area contributed by atoms with E-state index in [1.54, 1.807) is 0 Å². The molecule has 0 radical (unpaired) electrons. The summed E-state index contributed by atoms with van der Waals surface area (Å²) in [6, 6.07) is 73.8. The number of halogens is 1. The molecule has 71 heavy (non-hydrogen) atoms. The summed E-state index contributed by atoms with van der Waals surface area (Å²) in [6.07, 6.45) is 0. The average Bonchev–Trinajstić information content (AvgIpc) is 3.38. The minimum Gasteiger partial charge on any atom is -0.456 e. The first-order chi connectivity index (χ1) is 34.6. The molecule has 0 fully saturated rings. The minimum atomic E-state index is -1.44. The Hall–Kier alpha value is -8.09. The highest BCUT2D eigenvalue weighted by molar-refractivity contribution is 6.88. The largest absolute Gasteiger partial charge is 0.456 e. The van der Waals surface area contributed by atoms with Crippen LogP contribution in [0.15, 0.2) is 206 Å². The summed E-state index contributed by atoms with van der Waals surface area (Å²) in [5.41, 5.74) is 9.20. The van der Waals surface area contributed by atoms with E-state index >= 15 is 0 Å². The van der Waals surface area contributed by atoms with E-state index < -0.39 is 8.07 Å². The summed E-state index contributed by atoms with van der Waals surface area (Å²) in [7, 11) is -1.44. The zero-order chi connectivity index (χ0) is 48.1. The van der Waals surface area contributed by atoms with Gasteiger partial charge in [0.25, 0.3) is 0 Å². The van der Waals surface area contributed by atoms with E-state index in [2.05, 4.69) is 225 Å². The van der Waals surface area contributed by atoms with Crippen molar-refractivity contribution in [2.45, 2.75) is 33.5 Å². The van der Waals surface area contributed by atoms with Crippen LogP contribution < -0.4 is 24.5 Å². The molecule has 0 amide bonds. The molecule has 342 valence electrons. The predicted molar refractivity (Wildman–Crippen MR) is 305 cm³/mol. The third-order valence-corrected chi connectivity index (χ3v) is 16.6. The van der Waals surface area contributed by atoms with Crippen LogP contribution in [0.5, 0.6) is 23.0 Å². The van der Waals surface area contributed by atoms with E-state index in [0.29, 0.717) is 5.02 Å². The molecular formula is C65H49ClN2O2Si. The molecule has 2 heterocycles. The maximum atomic E-state index is 6.93. The van der Waals surface area contributed by atoms with Crippen LogP contribution in [0, 0.1) is 13.8 Å². The molecule has 2 aliphatic rings. The second kappa shape index (κ2) is 16.5. The summed E-state index contributed by atoms with van der Waals surface area (Å²) in [4.78, 5) is 4.71. The van der Waals surface area contributed by atoms with Gasteiger partial charge in [0, 0.05) is 77.6 Å². The topological polar surface area (TPSA) is 24.9 Å². The zero-order valence-electron chi connectivity index (χ0n) is 40.2. The Kier molecular flexibility index (Phi) is 10.00. The molecule has 14 rings (SSSR count).